The molecule has 0 rings (SSSR count). The van der Waals surface area contributed by atoms with Crippen molar-refractivity contribution in [2.75, 3.05) is 7.05 Å². The Labute approximate surface area is 48.9 Å². The lowest BCUT2D eigenvalue weighted by atomic mass is 10.8. The maximum atomic E-state index is 3.75. The summed E-state index contributed by atoms with van der Waals surface area (Å²) in [7, 11) is 1.61. The van der Waals surface area contributed by atoms with Crippen LogP contribution in [0.3, 0.4) is 0 Å². The van der Waals surface area contributed by atoms with Gasteiger partial charge in [-0.15, -0.1) is 0 Å². The third kappa shape index (κ3) is 5.01. The van der Waals surface area contributed by atoms with Crippen LogP contribution < -0.4 is 0 Å². The number of rotatable bonds is 2. The molecule has 0 aliphatic carbocycles. The zero-order chi connectivity index (χ0) is 6.24. The highest BCUT2D eigenvalue weighted by Gasteiger charge is 1.56. The molecule has 0 aromatic carbocycles. The largest absolute Gasteiger partial charge is 0.268 e. The fraction of sp³-hybridized carbons (Fsp3) is 0.400. The summed E-state index contributed by atoms with van der Waals surface area (Å²) < 4.78 is 0. The molecule has 0 aromatic rings. The molecule has 8 heavy (non-hydrogen) atoms. The number of hydrogen-bond donors (Lipinski definition) is 0. The summed E-state index contributed by atoms with van der Waals surface area (Å²) >= 11 is 0. The topological polar surface area (TPSA) is 37.1 Å². The Kier molecular flexibility index (Phi) is 5.27. The summed E-state index contributed by atoms with van der Waals surface area (Å²) in [5.74, 6) is 0. The first-order chi connectivity index (χ1) is 3.91. The number of hydrogen-bond acceptors (Lipinski definition) is 3. The van der Waals surface area contributed by atoms with Crippen molar-refractivity contribution in [3.8, 4) is 0 Å². The molecule has 0 heterocycles. The van der Waals surface area contributed by atoms with E-state index in [9.17, 15) is 0 Å². The second-order valence-corrected chi connectivity index (χ2v) is 1.02. The molecule has 0 fully saturated rings. The predicted molar refractivity (Wildman–Crippen MR) is 34.1 cm³/mol. The average Bonchev–Trinajstić information content (AvgIpc) is 1.81. The Bertz CT molecular complexity index is 98.8. The van der Waals surface area contributed by atoms with Crippen molar-refractivity contribution in [3.63, 3.8) is 0 Å². The van der Waals surface area contributed by atoms with Crippen LogP contribution in [0.5, 0.6) is 0 Å². The predicted octanol–water partition coefficient (Wildman–Crippen LogP) is 1.63. The van der Waals surface area contributed by atoms with Gasteiger partial charge in [0.25, 0.3) is 0 Å². The molecular weight excluding hydrogens is 102 g/mol. The first-order valence-corrected chi connectivity index (χ1v) is 2.33. The fourth-order valence-electron chi connectivity index (χ4n) is 0.221. The van der Waals surface area contributed by atoms with Crippen LogP contribution in [0.4, 0.5) is 0 Å². The van der Waals surface area contributed by atoms with Crippen LogP contribution in [-0.4, -0.2) is 13.3 Å². The van der Waals surface area contributed by atoms with E-state index in [0.29, 0.717) is 0 Å². The van der Waals surface area contributed by atoms with Crippen LogP contribution >= 0.6 is 0 Å². The lowest BCUT2D eigenvalue weighted by Gasteiger charge is -1.68. The molecule has 0 amide bonds. The van der Waals surface area contributed by atoms with Gasteiger partial charge in [0.15, 0.2) is 0 Å². The van der Waals surface area contributed by atoms with Gasteiger partial charge in [0.05, 0.1) is 6.20 Å². The Morgan fingerprint density at radius 2 is 2.00 bits per heavy atom. The summed E-state index contributed by atoms with van der Waals surface area (Å²) in [6, 6.07) is 0. The Morgan fingerprint density at radius 3 is 2.50 bits per heavy atom. The van der Waals surface area contributed by atoms with Gasteiger partial charge in [-0.05, 0) is 6.92 Å². The van der Waals surface area contributed by atoms with Crippen molar-refractivity contribution in [1.29, 1.82) is 0 Å². The monoisotopic (exact) mass is 111 g/mol. The second kappa shape index (κ2) is 6.01. The molecule has 0 radical (unpaired) electrons. The maximum Gasteiger partial charge on any atom is 0.0673 e. The molecule has 0 saturated carbocycles. The molecule has 0 aromatic heterocycles. The highest BCUT2D eigenvalue weighted by Crippen LogP contribution is 1.75. The first kappa shape index (κ1) is 7.01. The van der Waals surface area contributed by atoms with Crippen molar-refractivity contribution >= 4 is 6.21 Å². The third-order valence-corrected chi connectivity index (χ3v) is 0.484. The number of azo groups is 1. The zero-order valence-electron chi connectivity index (χ0n) is 5.07. The molecule has 44 valence electrons. The van der Waals surface area contributed by atoms with Crippen LogP contribution in [0.2, 0.25) is 0 Å². The minimum Gasteiger partial charge on any atom is -0.268 e. The third-order valence-electron chi connectivity index (χ3n) is 0.484. The lowest BCUT2D eigenvalue weighted by molar-refractivity contribution is 1.16. The summed E-state index contributed by atoms with van der Waals surface area (Å²) in [5, 5.41) is 7.01. The van der Waals surface area contributed by atoms with Gasteiger partial charge in [0.1, 0.15) is 0 Å². The van der Waals surface area contributed by atoms with Gasteiger partial charge in [0, 0.05) is 19.5 Å². The maximum absolute atomic E-state index is 3.75. The summed E-state index contributed by atoms with van der Waals surface area (Å²) in [6.07, 6.45) is 4.79. The molecule has 0 unspecified atom stereocenters. The van der Waals surface area contributed by atoms with E-state index in [0.717, 1.165) is 0 Å². The van der Waals surface area contributed by atoms with E-state index in [-0.39, 0.29) is 0 Å². The van der Waals surface area contributed by atoms with Gasteiger partial charge in [-0.1, -0.05) is 0 Å². The summed E-state index contributed by atoms with van der Waals surface area (Å²) in [6.45, 7) is 1.84. The average molecular weight is 111 g/mol. The van der Waals surface area contributed by atoms with E-state index in [1.54, 1.807) is 19.5 Å². The highest BCUT2D eigenvalue weighted by molar-refractivity contribution is 5.54. The molecule has 0 atom stereocenters. The SMILES string of the molecule is CC=N/C=C\N=NC. The van der Waals surface area contributed by atoms with Crippen LogP contribution in [0.15, 0.2) is 27.6 Å². The van der Waals surface area contributed by atoms with Gasteiger partial charge in [-0.2, -0.15) is 10.2 Å². The summed E-state index contributed by atoms with van der Waals surface area (Å²) in [4.78, 5) is 3.75. The van der Waals surface area contributed by atoms with Gasteiger partial charge >= 0.3 is 0 Å². The lowest BCUT2D eigenvalue weighted by Crippen LogP contribution is -1.52. The van der Waals surface area contributed by atoms with Crippen molar-refractivity contribution in [3.05, 3.63) is 12.4 Å². The van der Waals surface area contributed by atoms with E-state index in [2.05, 4.69) is 15.2 Å². The van der Waals surface area contributed by atoms with Crippen molar-refractivity contribution in [2.45, 2.75) is 6.92 Å². The van der Waals surface area contributed by atoms with Crippen molar-refractivity contribution in [2.24, 2.45) is 15.2 Å². The minimum atomic E-state index is 1.53. The van der Waals surface area contributed by atoms with Crippen LogP contribution in [0.1, 0.15) is 6.92 Å². The smallest absolute Gasteiger partial charge is 0.0673 e. The fourth-order valence-corrected chi connectivity index (χ4v) is 0.221. The zero-order valence-corrected chi connectivity index (χ0v) is 5.07. The highest BCUT2D eigenvalue weighted by atomic mass is 15.1. The van der Waals surface area contributed by atoms with Crippen LogP contribution in [0, 0.1) is 0 Å². The molecule has 0 N–H and O–H groups in total. The standard InChI is InChI=1S/C5H9N3/c1-3-7-4-5-8-6-2/h3-5H,1-2H3/b5-4-,7-3?,8-6?. The van der Waals surface area contributed by atoms with E-state index < -0.39 is 0 Å². The molecule has 3 nitrogen and oxygen atoms in total. The van der Waals surface area contributed by atoms with E-state index in [1.807, 2.05) is 6.92 Å². The van der Waals surface area contributed by atoms with Crippen molar-refractivity contribution < 1.29 is 0 Å². The van der Waals surface area contributed by atoms with Gasteiger partial charge in [0.2, 0.25) is 0 Å². The molecule has 3 heteroatoms. The number of nitrogens with zero attached hydrogens (tertiary/aromatic N) is 3. The van der Waals surface area contributed by atoms with E-state index in [1.165, 1.54) is 6.20 Å². The van der Waals surface area contributed by atoms with Gasteiger partial charge < -0.3 is 0 Å². The molecular formula is C5H9N3. The first-order valence-electron chi connectivity index (χ1n) is 2.33. The Morgan fingerprint density at radius 1 is 1.25 bits per heavy atom. The molecule has 0 aliphatic heterocycles. The Hall–Kier alpha value is -0.990. The molecule has 0 saturated heterocycles. The van der Waals surface area contributed by atoms with Crippen LogP contribution in [-0.2, 0) is 0 Å². The Balaban J connectivity index is 3.35. The minimum absolute atomic E-state index is 1.53. The van der Waals surface area contributed by atoms with Crippen molar-refractivity contribution in [1.82, 2.24) is 0 Å². The van der Waals surface area contributed by atoms with Gasteiger partial charge in [-0.25, -0.2) is 0 Å². The van der Waals surface area contributed by atoms with E-state index >= 15 is 0 Å². The van der Waals surface area contributed by atoms with E-state index in [4.69, 9.17) is 0 Å². The molecule has 0 aliphatic rings. The second-order valence-electron chi connectivity index (χ2n) is 1.02. The van der Waals surface area contributed by atoms with Crippen LogP contribution in [0.25, 0.3) is 0 Å². The quantitative estimate of drug-likeness (QED) is 0.383. The summed E-state index contributed by atoms with van der Waals surface area (Å²) in [5.41, 5.74) is 0. The van der Waals surface area contributed by atoms with Gasteiger partial charge in [-0.3, -0.25) is 4.99 Å². The molecule has 0 bridgehead atoms. The normalized spacial score (nSPS) is 12.8. The number of aliphatic imine (C=N–C) groups is 1. The molecule has 0 spiro atoms.